The second kappa shape index (κ2) is 5.02. The first-order valence-corrected chi connectivity index (χ1v) is 4.74. The van der Waals surface area contributed by atoms with Crippen molar-refractivity contribution in [3.8, 4) is 12.1 Å². The highest BCUT2D eigenvalue weighted by Gasteiger charge is 2.08. The maximum atomic E-state index is 8.55. The third-order valence-electron chi connectivity index (χ3n) is 2.16. The molecule has 0 bridgehead atoms. The smallest absolute Gasteiger partial charge is 0.125 e. The van der Waals surface area contributed by atoms with Gasteiger partial charge in [0.2, 0.25) is 0 Å². The molecule has 1 unspecified atom stereocenters. The molecule has 0 radical (unpaired) electrons. The zero-order chi connectivity index (χ0) is 11.3. The van der Waals surface area contributed by atoms with Crippen molar-refractivity contribution in [2.45, 2.75) is 26.2 Å². The Bertz CT molecular complexity index is 427. The number of hydrogen-bond acceptors (Lipinski definition) is 3. The normalized spacial score (nSPS) is 11.2. The predicted octanol–water partition coefficient (Wildman–Crippen LogP) is 3.06. The van der Waals surface area contributed by atoms with Crippen molar-refractivity contribution in [1.82, 2.24) is 0 Å². The third kappa shape index (κ3) is 3.00. The second-order valence-corrected chi connectivity index (χ2v) is 3.43. The van der Waals surface area contributed by atoms with Gasteiger partial charge >= 0.3 is 0 Å². The van der Waals surface area contributed by atoms with E-state index in [4.69, 9.17) is 14.9 Å². The molecule has 0 aromatic carbocycles. The van der Waals surface area contributed by atoms with Crippen molar-refractivity contribution >= 4 is 0 Å². The molecule has 1 aromatic heterocycles. The molecule has 1 aromatic rings. The number of allylic oxidation sites excluding steroid dienone is 2. The van der Waals surface area contributed by atoms with Crippen molar-refractivity contribution in [3.63, 3.8) is 0 Å². The third-order valence-corrected chi connectivity index (χ3v) is 2.16. The highest BCUT2D eigenvalue weighted by atomic mass is 16.3. The van der Waals surface area contributed by atoms with Crippen molar-refractivity contribution in [2.24, 2.45) is 0 Å². The quantitative estimate of drug-likeness (QED) is 0.704. The number of nitrogens with zero attached hydrogens (tertiary/aromatic N) is 2. The van der Waals surface area contributed by atoms with Crippen molar-refractivity contribution in [1.29, 1.82) is 10.5 Å². The summed E-state index contributed by atoms with van der Waals surface area (Å²) in [4.78, 5) is 0. The van der Waals surface area contributed by atoms with Crippen LogP contribution in [0.3, 0.4) is 0 Å². The number of rotatable bonds is 3. The van der Waals surface area contributed by atoms with Gasteiger partial charge < -0.3 is 4.42 Å². The SMILES string of the molecule is Cc1ccc(C(C)CC=C(C#N)C#N)o1. The molecule has 0 aliphatic rings. The average Bonchev–Trinajstić information content (AvgIpc) is 2.66. The van der Waals surface area contributed by atoms with E-state index >= 15 is 0 Å². The Morgan fingerprint density at radius 2 is 2.13 bits per heavy atom. The largest absolute Gasteiger partial charge is 0.466 e. The Balaban J connectivity index is 2.66. The van der Waals surface area contributed by atoms with Crippen LogP contribution in [0.5, 0.6) is 0 Å². The Morgan fingerprint density at radius 1 is 1.47 bits per heavy atom. The zero-order valence-electron chi connectivity index (χ0n) is 8.82. The van der Waals surface area contributed by atoms with E-state index in [-0.39, 0.29) is 11.5 Å². The van der Waals surface area contributed by atoms with Gasteiger partial charge in [-0.05, 0) is 25.5 Å². The standard InChI is InChI=1S/C12H12N2O/c1-9(3-5-11(7-13)8-14)12-6-4-10(2)15-12/h4-6,9H,3H2,1-2H3. The lowest BCUT2D eigenvalue weighted by Crippen LogP contribution is -1.89. The van der Waals surface area contributed by atoms with Crippen LogP contribution in [0.15, 0.2) is 28.2 Å². The Labute approximate surface area is 89.2 Å². The summed E-state index contributed by atoms with van der Waals surface area (Å²) in [7, 11) is 0. The van der Waals surface area contributed by atoms with E-state index in [2.05, 4.69) is 0 Å². The van der Waals surface area contributed by atoms with Crippen molar-refractivity contribution < 1.29 is 4.42 Å². The molecule has 0 saturated carbocycles. The van der Waals surface area contributed by atoms with Gasteiger partial charge in [0.25, 0.3) is 0 Å². The van der Waals surface area contributed by atoms with Gasteiger partial charge in [0, 0.05) is 5.92 Å². The van der Waals surface area contributed by atoms with Crippen molar-refractivity contribution in [3.05, 3.63) is 35.3 Å². The summed E-state index contributed by atoms with van der Waals surface area (Å²) in [5.41, 5.74) is 0.158. The molecule has 0 aliphatic heterocycles. The molecule has 0 saturated heterocycles. The van der Waals surface area contributed by atoms with Gasteiger partial charge in [-0.25, -0.2) is 0 Å². The lowest BCUT2D eigenvalue weighted by Gasteiger charge is -2.03. The molecule has 3 nitrogen and oxygen atoms in total. The summed E-state index contributed by atoms with van der Waals surface area (Å²) in [5.74, 6) is 1.95. The predicted molar refractivity (Wildman–Crippen MR) is 55.8 cm³/mol. The lowest BCUT2D eigenvalue weighted by atomic mass is 10.0. The average molecular weight is 200 g/mol. The molecule has 1 rings (SSSR count). The maximum absolute atomic E-state index is 8.55. The van der Waals surface area contributed by atoms with Crippen LogP contribution in [0.1, 0.15) is 30.8 Å². The van der Waals surface area contributed by atoms with Crippen LogP contribution in [0.4, 0.5) is 0 Å². The Kier molecular flexibility index (Phi) is 3.71. The molecule has 0 amide bonds. The van der Waals surface area contributed by atoms with Crippen LogP contribution in [-0.2, 0) is 0 Å². The van der Waals surface area contributed by atoms with Gasteiger partial charge in [0.05, 0.1) is 0 Å². The van der Waals surface area contributed by atoms with E-state index in [9.17, 15) is 0 Å². The van der Waals surface area contributed by atoms with Crippen LogP contribution in [0, 0.1) is 29.6 Å². The highest BCUT2D eigenvalue weighted by molar-refractivity contribution is 5.35. The van der Waals surface area contributed by atoms with Crippen LogP contribution in [0.2, 0.25) is 0 Å². The van der Waals surface area contributed by atoms with E-state index in [1.807, 2.05) is 38.1 Å². The number of hydrogen-bond donors (Lipinski definition) is 0. The van der Waals surface area contributed by atoms with E-state index in [0.29, 0.717) is 6.42 Å². The molecule has 0 spiro atoms. The van der Waals surface area contributed by atoms with Crippen LogP contribution in [-0.4, -0.2) is 0 Å². The molecule has 0 N–H and O–H groups in total. The van der Waals surface area contributed by atoms with Gasteiger partial charge in [0.1, 0.15) is 29.2 Å². The van der Waals surface area contributed by atoms with Gasteiger partial charge in [-0.2, -0.15) is 10.5 Å². The van der Waals surface area contributed by atoms with E-state index in [0.717, 1.165) is 11.5 Å². The Hall–Kier alpha value is -2.00. The fraction of sp³-hybridized carbons (Fsp3) is 0.333. The lowest BCUT2D eigenvalue weighted by molar-refractivity contribution is 0.454. The first-order valence-electron chi connectivity index (χ1n) is 4.74. The summed E-state index contributed by atoms with van der Waals surface area (Å²) >= 11 is 0. The maximum Gasteiger partial charge on any atom is 0.125 e. The fourth-order valence-electron chi connectivity index (χ4n) is 1.25. The van der Waals surface area contributed by atoms with Crippen molar-refractivity contribution in [2.75, 3.05) is 0 Å². The minimum absolute atomic E-state index is 0.158. The Morgan fingerprint density at radius 3 is 2.60 bits per heavy atom. The summed E-state index contributed by atoms with van der Waals surface area (Å²) < 4.78 is 5.45. The summed E-state index contributed by atoms with van der Waals surface area (Å²) in [6.07, 6.45) is 2.28. The summed E-state index contributed by atoms with van der Waals surface area (Å²) in [6.45, 7) is 3.89. The first kappa shape index (κ1) is 11.1. The summed E-state index contributed by atoms with van der Waals surface area (Å²) in [6, 6.07) is 7.50. The molecule has 0 aliphatic carbocycles. The first-order chi connectivity index (χ1) is 7.17. The van der Waals surface area contributed by atoms with E-state index in [1.54, 1.807) is 6.08 Å². The van der Waals surface area contributed by atoms with Crippen LogP contribution < -0.4 is 0 Å². The van der Waals surface area contributed by atoms with Crippen LogP contribution >= 0.6 is 0 Å². The monoisotopic (exact) mass is 200 g/mol. The summed E-state index contributed by atoms with van der Waals surface area (Å²) in [5, 5.41) is 17.1. The van der Waals surface area contributed by atoms with E-state index in [1.165, 1.54) is 0 Å². The molecule has 1 heterocycles. The zero-order valence-corrected chi connectivity index (χ0v) is 8.82. The van der Waals surface area contributed by atoms with Gasteiger partial charge in [-0.1, -0.05) is 13.0 Å². The van der Waals surface area contributed by atoms with Gasteiger partial charge in [-0.3, -0.25) is 0 Å². The topological polar surface area (TPSA) is 60.7 Å². The number of furan rings is 1. The molecule has 1 atom stereocenters. The number of aryl methyl sites for hydroxylation is 1. The molecule has 0 fully saturated rings. The minimum Gasteiger partial charge on any atom is -0.466 e. The second-order valence-electron chi connectivity index (χ2n) is 3.43. The number of nitriles is 2. The molecule has 3 heteroatoms. The molecular formula is C12H12N2O. The van der Waals surface area contributed by atoms with Crippen LogP contribution in [0.25, 0.3) is 0 Å². The minimum atomic E-state index is 0.158. The fourth-order valence-corrected chi connectivity index (χ4v) is 1.25. The highest BCUT2D eigenvalue weighted by Crippen LogP contribution is 2.22. The molecular weight excluding hydrogens is 188 g/mol. The molecule has 76 valence electrons. The van der Waals surface area contributed by atoms with Gasteiger partial charge in [-0.15, -0.1) is 0 Å². The van der Waals surface area contributed by atoms with Gasteiger partial charge in [0.15, 0.2) is 0 Å². The molecule has 15 heavy (non-hydrogen) atoms. The van der Waals surface area contributed by atoms with E-state index < -0.39 is 0 Å².